The van der Waals surface area contributed by atoms with Crippen LogP contribution in [0.2, 0.25) is 0 Å². The molecule has 0 fully saturated rings. The van der Waals surface area contributed by atoms with Crippen molar-refractivity contribution in [2.24, 2.45) is 11.7 Å². The molecule has 1 rings (SSSR count). The molecule has 0 radical (unpaired) electrons. The molecule has 0 aliphatic heterocycles. The average molecular weight is 248 g/mol. The molecule has 0 amide bonds. The number of hydrogen-bond donors (Lipinski definition) is 1. The summed E-state index contributed by atoms with van der Waals surface area (Å²) in [5.41, 5.74) is 8.86. The first-order valence-corrected chi connectivity index (χ1v) is 6.94. The zero-order valence-corrected chi connectivity index (χ0v) is 12.5. The SMILES string of the molecule is CC(C)CN(C)CC(N)c1ccc(C(C)C)cc1. The van der Waals surface area contributed by atoms with E-state index in [1.54, 1.807) is 0 Å². The summed E-state index contributed by atoms with van der Waals surface area (Å²) in [4.78, 5) is 2.31. The Hall–Kier alpha value is -0.860. The van der Waals surface area contributed by atoms with Crippen molar-refractivity contribution in [2.45, 2.75) is 39.7 Å². The highest BCUT2D eigenvalue weighted by Gasteiger charge is 2.10. The average Bonchev–Trinajstić information content (AvgIpc) is 2.27. The first-order chi connectivity index (χ1) is 8.40. The molecule has 0 heterocycles. The summed E-state index contributed by atoms with van der Waals surface area (Å²) in [6.45, 7) is 10.9. The van der Waals surface area contributed by atoms with Gasteiger partial charge in [0.25, 0.3) is 0 Å². The predicted molar refractivity (Wildman–Crippen MR) is 79.8 cm³/mol. The van der Waals surface area contributed by atoms with Crippen LogP contribution in [0, 0.1) is 5.92 Å². The van der Waals surface area contributed by atoms with E-state index in [4.69, 9.17) is 5.73 Å². The minimum atomic E-state index is 0.106. The van der Waals surface area contributed by atoms with Crippen LogP contribution in [0.15, 0.2) is 24.3 Å². The van der Waals surface area contributed by atoms with E-state index in [-0.39, 0.29) is 6.04 Å². The van der Waals surface area contributed by atoms with Gasteiger partial charge in [0, 0.05) is 19.1 Å². The lowest BCUT2D eigenvalue weighted by Crippen LogP contribution is -2.31. The largest absolute Gasteiger partial charge is 0.323 e. The lowest BCUT2D eigenvalue weighted by molar-refractivity contribution is 0.279. The number of benzene rings is 1. The lowest BCUT2D eigenvalue weighted by Gasteiger charge is -2.23. The van der Waals surface area contributed by atoms with Gasteiger partial charge in [-0.2, -0.15) is 0 Å². The van der Waals surface area contributed by atoms with E-state index in [2.05, 4.69) is 63.9 Å². The van der Waals surface area contributed by atoms with Gasteiger partial charge in [-0.05, 0) is 30.0 Å². The monoisotopic (exact) mass is 248 g/mol. The number of nitrogens with zero attached hydrogens (tertiary/aromatic N) is 1. The van der Waals surface area contributed by atoms with Crippen LogP contribution in [0.4, 0.5) is 0 Å². The van der Waals surface area contributed by atoms with Crippen molar-refractivity contribution >= 4 is 0 Å². The minimum Gasteiger partial charge on any atom is -0.323 e. The maximum Gasteiger partial charge on any atom is 0.0424 e. The van der Waals surface area contributed by atoms with Gasteiger partial charge in [0.05, 0.1) is 0 Å². The van der Waals surface area contributed by atoms with E-state index in [9.17, 15) is 0 Å². The van der Waals surface area contributed by atoms with Crippen LogP contribution in [-0.4, -0.2) is 25.0 Å². The van der Waals surface area contributed by atoms with Crippen molar-refractivity contribution in [1.29, 1.82) is 0 Å². The van der Waals surface area contributed by atoms with Crippen LogP contribution in [0.1, 0.15) is 50.8 Å². The Morgan fingerprint density at radius 1 is 0.944 bits per heavy atom. The fourth-order valence-corrected chi connectivity index (χ4v) is 2.27. The molecule has 0 saturated carbocycles. The second-order valence-corrected chi connectivity index (χ2v) is 6.04. The van der Waals surface area contributed by atoms with Crippen LogP contribution in [0.3, 0.4) is 0 Å². The third kappa shape index (κ3) is 4.79. The fourth-order valence-electron chi connectivity index (χ4n) is 2.27. The van der Waals surface area contributed by atoms with E-state index >= 15 is 0 Å². The molecular formula is C16H28N2. The molecule has 0 aromatic heterocycles. The molecule has 102 valence electrons. The van der Waals surface area contributed by atoms with Crippen molar-refractivity contribution in [3.63, 3.8) is 0 Å². The molecule has 18 heavy (non-hydrogen) atoms. The van der Waals surface area contributed by atoms with E-state index in [1.165, 1.54) is 11.1 Å². The molecule has 0 aliphatic carbocycles. The molecule has 1 atom stereocenters. The van der Waals surface area contributed by atoms with Gasteiger partial charge in [-0.3, -0.25) is 0 Å². The molecule has 2 heteroatoms. The van der Waals surface area contributed by atoms with Crippen LogP contribution in [0.5, 0.6) is 0 Å². The quantitative estimate of drug-likeness (QED) is 0.836. The summed E-state index contributed by atoms with van der Waals surface area (Å²) in [5, 5.41) is 0. The third-order valence-corrected chi connectivity index (χ3v) is 3.22. The summed E-state index contributed by atoms with van der Waals surface area (Å²) in [7, 11) is 2.14. The first-order valence-electron chi connectivity index (χ1n) is 6.94. The number of rotatable bonds is 6. The van der Waals surface area contributed by atoms with Gasteiger partial charge in [-0.15, -0.1) is 0 Å². The zero-order valence-electron chi connectivity index (χ0n) is 12.5. The lowest BCUT2D eigenvalue weighted by atomic mass is 9.99. The molecule has 0 saturated heterocycles. The molecule has 1 aromatic carbocycles. The zero-order chi connectivity index (χ0) is 13.7. The van der Waals surface area contributed by atoms with Crippen molar-refractivity contribution in [1.82, 2.24) is 4.90 Å². The van der Waals surface area contributed by atoms with E-state index in [0.717, 1.165) is 13.1 Å². The van der Waals surface area contributed by atoms with Crippen LogP contribution in [-0.2, 0) is 0 Å². The van der Waals surface area contributed by atoms with E-state index in [0.29, 0.717) is 11.8 Å². The molecule has 1 aromatic rings. The summed E-state index contributed by atoms with van der Waals surface area (Å²) in [5.74, 6) is 1.27. The highest BCUT2D eigenvalue weighted by molar-refractivity contribution is 5.26. The Kier molecular flexibility index (Phi) is 5.83. The van der Waals surface area contributed by atoms with E-state index in [1.807, 2.05) is 0 Å². The Morgan fingerprint density at radius 2 is 1.44 bits per heavy atom. The number of likely N-dealkylation sites (N-methyl/N-ethyl adjacent to an activating group) is 1. The normalized spacial score (nSPS) is 13.6. The van der Waals surface area contributed by atoms with Crippen LogP contribution >= 0.6 is 0 Å². The second kappa shape index (κ2) is 6.91. The van der Waals surface area contributed by atoms with Gasteiger partial charge in [-0.1, -0.05) is 52.0 Å². The number of nitrogens with two attached hydrogens (primary N) is 1. The smallest absolute Gasteiger partial charge is 0.0424 e. The third-order valence-electron chi connectivity index (χ3n) is 3.22. The van der Waals surface area contributed by atoms with Gasteiger partial charge >= 0.3 is 0 Å². The second-order valence-electron chi connectivity index (χ2n) is 6.04. The molecule has 0 spiro atoms. The maximum absolute atomic E-state index is 6.26. The van der Waals surface area contributed by atoms with Crippen molar-refractivity contribution in [3.05, 3.63) is 35.4 Å². The Balaban J connectivity index is 2.58. The maximum atomic E-state index is 6.26. The van der Waals surface area contributed by atoms with Gasteiger partial charge < -0.3 is 10.6 Å². The van der Waals surface area contributed by atoms with Crippen molar-refractivity contribution < 1.29 is 0 Å². The molecule has 0 bridgehead atoms. The highest BCUT2D eigenvalue weighted by atomic mass is 15.1. The Morgan fingerprint density at radius 3 is 1.89 bits per heavy atom. The Labute approximate surface area is 112 Å². The molecular weight excluding hydrogens is 220 g/mol. The molecule has 2 N–H and O–H groups in total. The minimum absolute atomic E-state index is 0.106. The topological polar surface area (TPSA) is 29.3 Å². The first kappa shape index (κ1) is 15.2. The predicted octanol–water partition coefficient (Wildman–Crippen LogP) is 3.40. The standard InChI is InChI=1S/C16H28N2/c1-12(2)10-18(5)11-16(17)15-8-6-14(7-9-15)13(3)4/h6-9,12-13,16H,10-11,17H2,1-5H3. The summed E-state index contributed by atoms with van der Waals surface area (Å²) >= 11 is 0. The summed E-state index contributed by atoms with van der Waals surface area (Å²) in [6.07, 6.45) is 0. The molecule has 2 nitrogen and oxygen atoms in total. The van der Waals surface area contributed by atoms with Crippen molar-refractivity contribution in [3.8, 4) is 0 Å². The van der Waals surface area contributed by atoms with Gasteiger partial charge in [0.1, 0.15) is 0 Å². The Bertz CT molecular complexity index is 341. The highest BCUT2D eigenvalue weighted by Crippen LogP contribution is 2.18. The van der Waals surface area contributed by atoms with Crippen LogP contribution < -0.4 is 5.73 Å². The summed E-state index contributed by atoms with van der Waals surface area (Å²) in [6, 6.07) is 8.84. The number of hydrogen-bond acceptors (Lipinski definition) is 2. The van der Waals surface area contributed by atoms with Gasteiger partial charge in [-0.25, -0.2) is 0 Å². The fraction of sp³-hybridized carbons (Fsp3) is 0.625. The van der Waals surface area contributed by atoms with E-state index < -0.39 is 0 Å². The van der Waals surface area contributed by atoms with Gasteiger partial charge in [0.2, 0.25) is 0 Å². The summed E-state index contributed by atoms with van der Waals surface area (Å²) < 4.78 is 0. The van der Waals surface area contributed by atoms with Crippen molar-refractivity contribution in [2.75, 3.05) is 20.1 Å². The van der Waals surface area contributed by atoms with Crippen LogP contribution in [0.25, 0.3) is 0 Å². The molecule has 0 aliphatic rings. The van der Waals surface area contributed by atoms with Gasteiger partial charge in [0.15, 0.2) is 0 Å². The molecule has 1 unspecified atom stereocenters.